The van der Waals surface area contributed by atoms with Crippen molar-refractivity contribution in [3.8, 4) is 6.07 Å². The SMILES string of the molecule is COCCC1(C#N)CC2(COC2)C1. The molecule has 1 aliphatic heterocycles. The normalized spacial score (nSPS) is 27.4. The minimum absolute atomic E-state index is 0.0974. The van der Waals surface area contributed by atoms with Gasteiger partial charge in [0.25, 0.3) is 0 Å². The van der Waals surface area contributed by atoms with Gasteiger partial charge < -0.3 is 9.47 Å². The Morgan fingerprint density at radius 1 is 1.46 bits per heavy atom. The van der Waals surface area contributed by atoms with Gasteiger partial charge in [-0.2, -0.15) is 5.26 Å². The minimum atomic E-state index is -0.0974. The first kappa shape index (κ1) is 8.98. The van der Waals surface area contributed by atoms with E-state index in [1.54, 1.807) is 7.11 Å². The van der Waals surface area contributed by atoms with Gasteiger partial charge in [0, 0.05) is 19.1 Å². The van der Waals surface area contributed by atoms with Gasteiger partial charge in [0.2, 0.25) is 0 Å². The molecule has 1 spiro atoms. The molecule has 2 rings (SSSR count). The fourth-order valence-electron chi connectivity index (χ4n) is 2.59. The van der Waals surface area contributed by atoms with Gasteiger partial charge in [0.1, 0.15) is 0 Å². The molecule has 0 aromatic heterocycles. The molecule has 0 amide bonds. The van der Waals surface area contributed by atoms with Gasteiger partial charge in [-0.1, -0.05) is 0 Å². The molecule has 1 aliphatic carbocycles. The maximum Gasteiger partial charge on any atom is 0.0691 e. The number of hydrogen-bond acceptors (Lipinski definition) is 3. The zero-order valence-electron chi connectivity index (χ0n) is 8.01. The lowest BCUT2D eigenvalue weighted by atomic mass is 9.51. The molecule has 0 atom stereocenters. The van der Waals surface area contributed by atoms with Crippen LogP contribution in [-0.4, -0.2) is 26.9 Å². The smallest absolute Gasteiger partial charge is 0.0691 e. The fourth-order valence-corrected chi connectivity index (χ4v) is 2.59. The van der Waals surface area contributed by atoms with Crippen molar-refractivity contribution in [2.45, 2.75) is 19.3 Å². The van der Waals surface area contributed by atoms with Gasteiger partial charge in [-0.3, -0.25) is 0 Å². The van der Waals surface area contributed by atoms with Crippen molar-refractivity contribution in [2.24, 2.45) is 10.8 Å². The summed E-state index contributed by atoms with van der Waals surface area (Å²) in [5.74, 6) is 0. The van der Waals surface area contributed by atoms with Crippen LogP contribution in [0.15, 0.2) is 0 Å². The third-order valence-electron chi connectivity index (χ3n) is 3.27. The Bertz CT molecular complexity index is 232. The van der Waals surface area contributed by atoms with Crippen LogP contribution in [-0.2, 0) is 9.47 Å². The lowest BCUT2D eigenvalue weighted by molar-refractivity contribution is -0.199. The maximum absolute atomic E-state index is 9.07. The Kier molecular flexibility index (Phi) is 2.05. The molecule has 0 radical (unpaired) electrons. The van der Waals surface area contributed by atoms with Gasteiger partial charge in [-0.05, 0) is 19.3 Å². The van der Waals surface area contributed by atoms with Crippen LogP contribution in [0.2, 0.25) is 0 Å². The summed E-state index contributed by atoms with van der Waals surface area (Å²) in [7, 11) is 1.69. The molecule has 0 unspecified atom stereocenters. The van der Waals surface area contributed by atoms with Crippen LogP contribution in [0.4, 0.5) is 0 Å². The van der Waals surface area contributed by atoms with Crippen molar-refractivity contribution < 1.29 is 9.47 Å². The third-order valence-corrected chi connectivity index (χ3v) is 3.27. The summed E-state index contributed by atoms with van der Waals surface area (Å²) in [5, 5.41) is 9.07. The topological polar surface area (TPSA) is 42.2 Å². The molecule has 3 heteroatoms. The van der Waals surface area contributed by atoms with E-state index < -0.39 is 0 Å². The zero-order chi connectivity index (χ0) is 9.36. The second kappa shape index (κ2) is 2.97. The zero-order valence-corrected chi connectivity index (χ0v) is 8.01. The number of nitrogens with zero attached hydrogens (tertiary/aromatic N) is 1. The van der Waals surface area contributed by atoms with Crippen molar-refractivity contribution in [2.75, 3.05) is 26.9 Å². The molecule has 0 N–H and O–H groups in total. The molecule has 2 aliphatic rings. The molecule has 1 saturated heterocycles. The molecule has 1 saturated carbocycles. The third kappa shape index (κ3) is 1.34. The first-order valence-corrected chi connectivity index (χ1v) is 4.72. The van der Waals surface area contributed by atoms with Crippen LogP contribution in [0.1, 0.15) is 19.3 Å². The van der Waals surface area contributed by atoms with E-state index in [9.17, 15) is 0 Å². The largest absolute Gasteiger partial charge is 0.385 e. The predicted molar refractivity (Wildman–Crippen MR) is 47.0 cm³/mol. The Labute approximate surface area is 78.6 Å². The Hall–Kier alpha value is -0.590. The number of ether oxygens (including phenoxy) is 2. The van der Waals surface area contributed by atoms with Crippen molar-refractivity contribution in [3.05, 3.63) is 0 Å². The van der Waals surface area contributed by atoms with Crippen molar-refractivity contribution in [1.29, 1.82) is 5.26 Å². The highest BCUT2D eigenvalue weighted by Gasteiger charge is 2.58. The van der Waals surface area contributed by atoms with Gasteiger partial charge in [0.15, 0.2) is 0 Å². The molecule has 0 aromatic carbocycles. The molecule has 3 nitrogen and oxygen atoms in total. The fraction of sp³-hybridized carbons (Fsp3) is 0.900. The second-order valence-corrected chi connectivity index (χ2v) is 4.48. The number of hydrogen-bond donors (Lipinski definition) is 0. The van der Waals surface area contributed by atoms with Gasteiger partial charge >= 0.3 is 0 Å². The van der Waals surface area contributed by atoms with Crippen LogP contribution in [0.25, 0.3) is 0 Å². The van der Waals surface area contributed by atoms with E-state index in [2.05, 4.69) is 6.07 Å². The number of rotatable bonds is 3. The van der Waals surface area contributed by atoms with Gasteiger partial charge in [0.05, 0.1) is 24.7 Å². The summed E-state index contributed by atoms with van der Waals surface area (Å²) in [6, 6.07) is 2.44. The summed E-state index contributed by atoms with van der Waals surface area (Å²) in [6.45, 7) is 2.43. The quantitative estimate of drug-likeness (QED) is 0.660. The van der Waals surface area contributed by atoms with E-state index >= 15 is 0 Å². The minimum Gasteiger partial charge on any atom is -0.385 e. The summed E-state index contributed by atoms with van der Waals surface area (Å²) in [4.78, 5) is 0. The highest BCUT2D eigenvalue weighted by atomic mass is 16.5. The van der Waals surface area contributed by atoms with E-state index in [1.807, 2.05) is 0 Å². The van der Waals surface area contributed by atoms with Crippen LogP contribution in [0.5, 0.6) is 0 Å². The highest BCUT2D eigenvalue weighted by Crippen LogP contribution is 2.59. The van der Waals surface area contributed by atoms with Crippen LogP contribution >= 0.6 is 0 Å². The lowest BCUT2D eigenvalue weighted by Gasteiger charge is -2.57. The van der Waals surface area contributed by atoms with Crippen molar-refractivity contribution >= 4 is 0 Å². The first-order chi connectivity index (χ1) is 6.24. The average molecular weight is 181 g/mol. The maximum atomic E-state index is 9.07. The second-order valence-electron chi connectivity index (χ2n) is 4.48. The molecule has 72 valence electrons. The lowest BCUT2D eigenvalue weighted by Crippen LogP contribution is -2.57. The summed E-state index contributed by atoms with van der Waals surface area (Å²) in [6.07, 6.45) is 2.90. The van der Waals surface area contributed by atoms with Gasteiger partial charge in [-0.15, -0.1) is 0 Å². The molecule has 13 heavy (non-hydrogen) atoms. The molecule has 2 fully saturated rings. The number of nitriles is 1. The average Bonchev–Trinajstić information content (AvgIpc) is 2.01. The molecule has 1 heterocycles. The molecular weight excluding hydrogens is 166 g/mol. The van der Waals surface area contributed by atoms with Crippen LogP contribution < -0.4 is 0 Å². The highest BCUT2D eigenvalue weighted by molar-refractivity contribution is 5.15. The molecule has 0 aromatic rings. The Balaban J connectivity index is 1.87. The number of methoxy groups -OCH3 is 1. The van der Waals surface area contributed by atoms with Crippen LogP contribution in [0.3, 0.4) is 0 Å². The summed E-state index contributed by atoms with van der Waals surface area (Å²) in [5.41, 5.74) is 0.281. The van der Waals surface area contributed by atoms with E-state index in [4.69, 9.17) is 14.7 Å². The predicted octanol–water partition coefficient (Wildman–Crippen LogP) is 1.34. The molecular formula is C10H15NO2. The summed E-state index contributed by atoms with van der Waals surface area (Å²) >= 11 is 0. The monoisotopic (exact) mass is 181 g/mol. The van der Waals surface area contributed by atoms with E-state index in [1.165, 1.54) is 0 Å². The van der Waals surface area contributed by atoms with E-state index in [-0.39, 0.29) is 5.41 Å². The molecule has 0 bridgehead atoms. The van der Waals surface area contributed by atoms with E-state index in [0.717, 1.165) is 32.5 Å². The Morgan fingerprint density at radius 2 is 2.15 bits per heavy atom. The Morgan fingerprint density at radius 3 is 2.54 bits per heavy atom. The van der Waals surface area contributed by atoms with Crippen molar-refractivity contribution in [1.82, 2.24) is 0 Å². The van der Waals surface area contributed by atoms with Crippen molar-refractivity contribution in [3.63, 3.8) is 0 Å². The summed E-state index contributed by atoms with van der Waals surface area (Å²) < 4.78 is 10.2. The first-order valence-electron chi connectivity index (χ1n) is 4.72. The van der Waals surface area contributed by atoms with Crippen LogP contribution in [0, 0.1) is 22.2 Å². The van der Waals surface area contributed by atoms with Gasteiger partial charge in [-0.25, -0.2) is 0 Å². The standard InChI is InChI=1S/C10H15NO2/c1-12-3-2-9(6-11)4-10(5-9)7-13-8-10/h2-5,7-8H2,1H3. The van der Waals surface area contributed by atoms with E-state index in [0.29, 0.717) is 12.0 Å².